The number of aliphatic hydroxyl groups is 2. The third-order valence-corrected chi connectivity index (χ3v) is 5.19. The highest BCUT2D eigenvalue weighted by atomic mass is 19.4. The average Bonchev–Trinajstić information content (AvgIpc) is 3.03. The number of ether oxygens (including phenoxy) is 1. The second kappa shape index (κ2) is 7.82. The summed E-state index contributed by atoms with van der Waals surface area (Å²) in [5.41, 5.74) is 0.284. The number of halogens is 3. The van der Waals surface area contributed by atoms with Crippen LogP contribution >= 0.6 is 0 Å². The predicted octanol–water partition coefficient (Wildman–Crippen LogP) is 1.05. The molecule has 0 aliphatic carbocycles. The van der Waals surface area contributed by atoms with Gasteiger partial charge >= 0.3 is 6.18 Å². The molecule has 0 unspecified atom stereocenters. The van der Waals surface area contributed by atoms with Gasteiger partial charge in [0, 0.05) is 12.1 Å². The molecule has 4 atom stereocenters. The van der Waals surface area contributed by atoms with Crippen LogP contribution in [0, 0.1) is 0 Å². The highest BCUT2D eigenvalue weighted by molar-refractivity contribution is 5.98. The van der Waals surface area contributed by atoms with E-state index in [9.17, 15) is 28.2 Å². The van der Waals surface area contributed by atoms with Crippen LogP contribution in [0.25, 0.3) is 0 Å². The van der Waals surface area contributed by atoms with Crippen molar-refractivity contribution in [1.82, 2.24) is 14.9 Å². The molecule has 1 fully saturated rings. The van der Waals surface area contributed by atoms with Crippen LogP contribution in [0.1, 0.15) is 21.6 Å². The second-order valence-electron chi connectivity index (χ2n) is 7.23. The zero-order valence-electron chi connectivity index (χ0n) is 15.6. The van der Waals surface area contributed by atoms with Gasteiger partial charge in [-0.2, -0.15) is 13.2 Å². The molecule has 0 radical (unpaired) electrons. The molecule has 1 aromatic carbocycles. The maximum atomic E-state index is 12.8. The number of nitrogens with zero attached hydrogens (tertiary/aromatic N) is 3. The summed E-state index contributed by atoms with van der Waals surface area (Å²) in [6.07, 6.45) is -6.53. The summed E-state index contributed by atoms with van der Waals surface area (Å²) in [7, 11) is 0. The van der Waals surface area contributed by atoms with Gasteiger partial charge in [-0.1, -0.05) is 18.2 Å². The Hall–Kier alpha value is -2.76. The van der Waals surface area contributed by atoms with Crippen molar-refractivity contribution < 1.29 is 32.9 Å². The van der Waals surface area contributed by atoms with E-state index in [1.165, 1.54) is 4.90 Å². The number of carbonyl (C=O) groups is 1. The van der Waals surface area contributed by atoms with Crippen LogP contribution in [0.3, 0.4) is 0 Å². The van der Waals surface area contributed by atoms with E-state index in [1.807, 2.05) is 12.1 Å². The molecule has 1 amide bonds. The summed E-state index contributed by atoms with van der Waals surface area (Å²) in [4.78, 5) is 20.9. The maximum Gasteiger partial charge on any atom is 0.434 e. The average molecular weight is 424 g/mol. The van der Waals surface area contributed by atoms with E-state index in [1.54, 1.807) is 12.1 Å². The summed E-state index contributed by atoms with van der Waals surface area (Å²) in [6.45, 7) is 0.344. The van der Waals surface area contributed by atoms with Gasteiger partial charge in [-0.15, -0.1) is 0 Å². The minimum atomic E-state index is -4.66. The first-order valence-electron chi connectivity index (χ1n) is 9.24. The molecule has 1 saturated heterocycles. The molecular weight excluding hydrogens is 405 g/mol. The monoisotopic (exact) mass is 424 g/mol. The summed E-state index contributed by atoms with van der Waals surface area (Å²) < 4.78 is 44.0. The summed E-state index contributed by atoms with van der Waals surface area (Å²) in [6, 6.07) is 6.26. The number of benzene rings is 1. The van der Waals surface area contributed by atoms with Crippen LogP contribution in [-0.4, -0.2) is 68.5 Å². The summed E-state index contributed by atoms with van der Waals surface area (Å²) in [5.74, 6) is -0.385. The summed E-state index contributed by atoms with van der Waals surface area (Å²) >= 11 is 0. The van der Waals surface area contributed by atoms with Gasteiger partial charge in [-0.25, -0.2) is 4.98 Å². The Morgan fingerprint density at radius 1 is 1.20 bits per heavy atom. The maximum absolute atomic E-state index is 12.8. The van der Waals surface area contributed by atoms with E-state index in [4.69, 9.17) is 4.74 Å². The molecular formula is C19H19F3N4O4. The lowest BCUT2D eigenvalue weighted by Crippen LogP contribution is -2.58. The zero-order chi connectivity index (χ0) is 21.5. The van der Waals surface area contributed by atoms with Gasteiger partial charge in [0.05, 0.1) is 31.6 Å². The Balaban J connectivity index is 1.39. The Morgan fingerprint density at radius 3 is 2.70 bits per heavy atom. The molecule has 3 N–H and O–H groups in total. The van der Waals surface area contributed by atoms with Crippen LogP contribution in [0.4, 0.5) is 19.0 Å². The van der Waals surface area contributed by atoms with Crippen molar-refractivity contribution in [2.24, 2.45) is 0 Å². The molecule has 2 aliphatic rings. The SMILES string of the molecule is O=C1c2ccccc2CN1C[C@H]1OC[C@H](Nc2cncc(C(F)(F)F)n2)[C@@H](O)[C@H]1O. The van der Waals surface area contributed by atoms with Gasteiger partial charge in [-0.3, -0.25) is 9.78 Å². The predicted molar refractivity (Wildman–Crippen MR) is 97.4 cm³/mol. The molecule has 160 valence electrons. The van der Waals surface area contributed by atoms with Crippen LogP contribution in [-0.2, 0) is 17.5 Å². The Bertz CT molecular complexity index is 942. The topological polar surface area (TPSA) is 108 Å². The Morgan fingerprint density at radius 2 is 1.97 bits per heavy atom. The van der Waals surface area contributed by atoms with E-state index < -0.39 is 36.2 Å². The van der Waals surface area contributed by atoms with Gasteiger partial charge in [0.1, 0.15) is 24.1 Å². The molecule has 4 rings (SSSR count). The van der Waals surface area contributed by atoms with Gasteiger partial charge in [-0.05, 0) is 11.6 Å². The molecule has 30 heavy (non-hydrogen) atoms. The highest BCUT2D eigenvalue weighted by Gasteiger charge is 2.41. The molecule has 11 heteroatoms. The van der Waals surface area contributed by atoms with E-state index in [-0.39, 0.29) is 24.9 Å². The van der Waals surface area contributed by atoms with Crippen LogP contribution in [0.15, 0.2) is 36.7 Å². The molecule has 1 aromatic heterocycles. The minimum absolute atomic E-state index is 0.0713. The number of aromatic nitrogens is 2. The molecule has 0 bridgehead atoms. The first-order valence-corrected chi connectivity index (χ1v) is 9.24. The number of anilines is 1. The first kappa shape index (κ1) is 20.5. The van der Waals surface area contributed by atoms with Gasteiger partial charge in [0.25, 0.3) is 5.91 Å². The number of nitrogens with one attached hydrogen (secondary N) is 1. The van der Waals surface area contributed by atoms with E-state index in [2.05, 4.69) is 15.3 Å². The minimum Gasteiger partial charge on any atom is -0.388 e. The van der Waals surface area contributed by atoms with Crippen molar-refractivity contribution in [2.45, 2.75) is 37.1 Å². The number of amides is 1. The van der Waals surface area contributed by atoms with Gasteiger partial charge in [0.2, 0.25) is 0 Å². The van der Waals surface area contributed by atoms with E-state index >= 15 is 0 Å². The number of alkyl halides is 3. The fourth-order valence-electron chi connectivity index (χ4n) is 3.61. The molecule has 8 nitrogen and oxygen atoms in total. The first-order chi connectivity index (χ1) is 14.2. The van der Waals surface area contributed by atoms with Gasteiger partial charge < -0.3 is 25.2 Å². The summed E-state index contributed by atoms with van der Waals surface area (Å²) in [5, 5.41) is 23.5. The highest BCUT2D eigenvalue weighted by Crippen LogP contribution is 2.28. The van der Waals surface area contributed by atoms with E-state index in [0.29, 0.717) is 18.3 Å². The lowest BCUT2D eigenvalue weighted by molar-refractivity contribution is -0.145. The van der Waals surface area contributed by atoms with Gasteiger partial charge in [0.15, 0.2) is 5.69 Å². The number of aliphatic hydroxyl groups excluding tert-OH is 2. The number of hydrogen-bond donors (Lipinski definition) is 3. The van der Waals surface area contributed by atoms with Crippen LogP contribution in [0.2, 0.25) is 0 Å². The number of fused-ring (bicyclic) bond motifs is 1. The standard InChI is InChI=1S/C19H19F3N4O4/c20-19(21,22)14-5-23-6-15(25-14)24-12-9-30-13(17(28)16(12)27)8-26-7-10-3-1-2-4-11(10)18(26)29/h1-6,12-13,16-17,27-28H,7-9H2,(H,24,25)/t12-,13+,16+,17-/m0/s1. The molecule has 0 saturated carbocycles. The fraction of sp³-hybridized carbons (Fsp3) is 0.421. The molecule has 3 heterocycles. The van der Waals surface area contributed by atoms with Crippen molar-refractivity contribution in [3.05, 3.63) is 53.5 Å². The number of hydrogen-bond acceptors (Lipinski definition) is 7. The van der Waals surface area contributed by atoms with Crippen molar-refractivity contribution in [3.63, 3.8) is 0 Å². The molecule has 2 aromatic rings. The molecule has 2 aliphatic heterocycles. The smallest absolute Gasteiger partial charge is 0.388 e. The van der Waals surface area contributed by atoms with Crippen molar-refractivity contribution >= 4 is 11.7 Å². The normalized spacial score (nSPS) is 26.6. The lowest BCUT2D eigenvalue weighted by atomic mass is 9.97. The quantitative estimate of drug-likeness (QED) is 0.674. The Labute approximate surface area is 169 Å². The van der Waals surface area contributed by atoms with Crippen LogP contribution < -0.4 is 5.32 Å². The zero-order valence-corrected chi connectivity index (χ0v) is 15.6. The fourth-order valence-corrected chi connectivity index (χ4v) is 3.61. The van der Waals surface area contributed by atoms with Crippen molar-refractivity contribution in [2.75, 3.05) is 18.5 Å². The molecule has 0 spiro atoms. The number of rotatable bonds is 4. The third-order valence-electron chi connectivity index (χ3n) is 5.19. The third kappa shape index (κ3) is 3.95. The lowest BCUT2D eigenvalue weighted by Gasteiger charge is -2.39. The van der Waals surface area contributed by atoms with Crippen LogP contribution in [0.5, 0.6) is 0 Å². The van der Waals surface area contributed by atoms with E-state index in [0.717, 1.165) is 11.8 Å². The van der Waals surface area contributed by atoms with Crippen molar-refractivity contribution in [1.29, 1.82) is 0 Å². The largest absolute Gasteiger partial charge is 0.434 e. The number of carbonyl (C=O) groups excluding carboxylic acids is 1. The second-order valence-corrected chi connectivity index (χ2v) is 7.23. The van der Waals surface area contributed by atoms with Crippen molar-refractivity contribution in [3.8, 4) is 0 Å². The Kier molecular flexibility index (Phi) is 5.35.